The summed E-state index contributed by atoms with van der Waals surface area (Å²) in [6.07, 6.45) is -3.93. The second kappa shape index (κ2) is 5.05. The normalized spacial score (nSPS) is 11.6. The van der Waals surface area contributed by atoms with Crippen molar-refractivity contribution in [2.24, 2.45) is 0 Å². The number of hydrogen-bond acceptors (Lipinski definition) is 3. The molecule has 0 saturated heterocycles. The van der Waals surface area contributed by atoms with Gasteiger partial charge in [0.15, 0.2) is 0 Å². The van der Waals surface area contributed by atoms with Crippen LogP contribution in [0.5, 0.6) is 0 Å². The van der Waals surface area contributed by atoms with Gasteiger partial charge in [-0.2, -0.15) is 25.8 Å². The number of thiol groups is 1. The Hall–Kier alpha value is -0.750. The van der Waals surface area contributed by atoms with Crippen molar-refractivity contribution < 1.29 is 18.0 Å². The monoisotopic (exact) mass is 269 g/mol. The third-order valence-electron chi connectivity index (χ3n) is 1.79. The molecule has 0 spiro atoms. The lowest BCUT2D eigenvalue weighted by molar-refractivity contribution is -0.137. The van der Waals surface area contributed by atoms with E-state index in [0.717, 1.165) is 6.07 Å². The number of aromatic nitrogens is 1. The lowest BCUT2D eigenvalue weighted by Gasteiger charge is -2.08. The number of alkyl halides is 3. The zero-order valence-electron chi connectivity index (χ0n) is 7.88. The van der Waals surface area contributed by atoms with E-state index in [4.69, 9.17) is 11.6 Å². The molecule has 0 fully saturated rings. The molecule has 88 valence electrons. The highest BCUT2D eigenvalue weighted by molar-refractivity contribution is 7.81. The average molecular weight is 270 g/mol. The second-order valence-corrected chi connectivity index (χ2v) is 3.75. The fraction of sp³-hybridized carbons (Fsp3) is 0.333. The Morgan fingerprint density at radius 2 is 2.12 bits per heavy atom. The minimum absolute atomic E-state index is 0.000961. The summed E-state index contributed by atoms with van der Waals surface area (Å²) in [6.45, 7) is 0. The minimum Gasteiger partial charge on any atom is -0.298 e. The van der Waals surface area contributed by atoms with Crippen LogP contribution in [0.15, 0.2) is 12.3 Å². The molecule has 1 aromatic heterocycles. The highest BCUT2D eigenvalue weighted by atomic mass is 35.5. The molecule has 0 saturated carbocycles. The third-order valence-corrected chi connectivity index (χ3v) is 2.47. The van der Waals surface area contributed by atoms with Gasteiger partial charge < -0.3 is 0 Å². The van der Waals surface area contributed by atoms with Gasteiger partial charge in [0.2, 0.25) is 0 Å². The Balaban J connectivity index is 2.96. The number of Topliss-reactive ketones (excluding diaryl/α,β-unsaturated/α-hetero) is 1. The van der Waals surface area contributed by atoms with Gasteiger partial charge in [-0.1, -0.05) is 11.6 Å². The van der Waals surface area contributed by atoms with Gasteiger partial charge in [0.1, 0.15) is 5.78 Å². The molecule has 0 aliphatic rings. The average Bonchev–Trinajstić information content (AvgIpc) is 2.19. The van der Waals surface area contributed by atoms with Crippen molar-refractivity contribution in [2.75, 3.05) is 5.75 Å². The summed E-state index contributed by atoms with van der Waals surface area (Å²) in [4.78, 5) is 14.5. The molecule has 0 aromatic carbocycles. The van der Waals surface area contributed by atoms with Crippen molar-refractivity contribution in [2.45, 2.75) is 12.6 Å². The van der Waals surface area contributed by atoms with E-state index in [0.29, 0.717) is 6.20 Å². The molecule has 1 heterocycles. The van der Waals surface area contributed by atoms with Crippen LogP contribution in [0.1, 0.15) is 11.3 Å². The van der Waals surface area contributed by atoms with E-state index in [-0.39, 0.29) is 28.7 Å². The molecule has 0 amide bonds. The van der Waals surface area contributed by atoms with Crippen molar-refractivity contribution in [3.05, 3.63) is 28.5 Å². The SMILES string of the molecule is O=C(CS)Cc1ncc(C(F)(F)F)cc1Cl. The van der Waals surface area contributed by atoms with Gasteiger partial charge in [-0.05, 0) is 6.07 Å². The predicted molar refractivity (Wildman–Crippen MR) is 56.8 cm³/mol. The molecule has 0 N–H and O–H groups in total. The van der Waals surface area contributed by atoms with E-state index in [1.54, 1.807) is 0 Å². The van der Waals surface area contributed by atoms with Crippen LogP contribution in [-0.2, 0) is 17.4 Å². The fourth-order valence-corrected chi connectivity index (χ4v) is 1.34. The molecule has 0 unspecified atom stereocenters. The van der Waals surface area contributed by atoms with Crippen LogP contribution in [0.25, 0.3) is 0 Å². The number of pyridine rings is 1. The van der Waals surface area contributed by atoms with Gasteiger partial charge >= 0.3 is 6.18 Å². The Kier molecular flexibility index (Phi) is 4.21. The van der Waals surface area contributed by atoms with Crippen molar-refractivity contribution in [3.8, 4) is 0 Å². The number of rotatable bonds is 3. The second-order valence-electron chi connectivity index (χ2n) is 3.02. The number of carbonyl (C=O) groups excluding carboxylic acids is 1. The quantitative estimate of drug-likeness (QED) is 0.855. The maximum absolute atomic E-state index is 12.3. The molecule has 0 aliphatic heterocycles. The fourth-order valence-electron chi connectivity index (χ4n) is 0.994. The number of halogens is 4. The van der Waals surface area contributed by atoms with E-state index >= 15 is 0 Å². The standard InChI is InChI=1S/C9H7ClF3NOS/c10-7-1-5(9(11,12)13)3-14-8(7)2-6(15)4-16/h1,3,16H,2,4H2. The summed E-state index contributed by atoms with van der Waals surface area (Å²) >= 11 is 9.34. The first-order chi connectivity index (χ1) is 7.34. The molecule has 0 aliphatic carbocycles. The van der Waals surface area contributed by atoms with E-state index in [1.807, 2.05) is 0 Å². The first-order valence-corrected chi connectivity index (χ1v) is 5.20. The molecule has 1 rings (SSSR count). The van der Waals surface area contributed by atoms with Gasteiger partial charge in [0.25, 0.3) is 0 Å². The number of hydrogen-bond donors (Lipinski definition) is 1. The molecule has 0 atom stereocenters. The van der Waals surface area contributed by atoms with Crippen molar-refractivity contribution >= 4 is 30.0 Å². The topological polar surface area (TPSA) is 30.0 Å². The van der Waals surface area contributed by atoms with Gasteiger partial charge in [-0.3, -0.25) is 9.78 Å². The molecule has 1 aromatic rings. The number of nitrogens with zero attached hydrogens (tertiary/aromatic N) is 1. The molecule has 2 nitrogen and oxygen atoms in total. The summed E-state index contributed by atoms with van der Waals surface area (Å²) < 4.78 is 36.8. The smallest absolute Gasteiger partial charge is 0.298 e. The van der Waals surface area contributed by atoms with E-state index in [9.17, 15) is 18.0 Å². The molecule has 0 radical (unpaired) electrons. The van der Waals surface area contributed by atoms with Gasteiger partial charge in [-0.25, -0.2) is 0 Å². The molecule has 7 heteroatoms. The number of ketones is 1. The molecular weight excluding hydrogens is 263 g/mol. The first-order valence-electron chi connectivity index (χ1n) is 4.18. The van der Waals surface area contributed by atoms with Crippen LogP contribution < -0.4 is 0 Å². The zero-order chi connectivity index (χ0) is 12.3. The zero-order valence-corrected chi connectivity index (χ0v) is 9.53. The van der Waals surface area contributed by atoms with Gasteiger partial charge in [0, 0.05) is 11.9 Å². The summed E-state index contributed by atoms with van der Waals surface area (Å²) in [5.41, 5.74) is -0.798. The molecule has 16 heavy (non-hydrogen) atoms. The van der Waals surface area contributed by atoms with E-state index < -0.39 is 11.7 Å². The maximum atomic E-state index is 12.3. The van der Waals surface area contributed by atoms with Gasteiger partial charge in [0.05, 0.1) is 22.7 Å². The summed E-state index contributed by atoms with van der Waals surface area (Å²) in [5, 5.41) is -0.162. The Morgan fingerprint density at radius 1 is 1.50 bits per heavy atom. The minimum atomic E-state index is -4.48. The Morgan fingerprint density at radius 3 is 2.56 bits per heavy atom. The third kappa shape index (κ3) is 3.38. The predicted octanol–water partition coefficient (Wildman–Crippen LogP) is 2.80. The van der Waals surface area contributed by atoms with Crippen LogP contribution >= 0.6 is 24.2 Å². The van der Waals surface area contributed by atoms with Crippen LogP contribution in [0.3, 0.4) is 0 Å². The van der Waals surface area contributed by atoms with Crippen molar-refractivity contribution in [1.82, 2.24) is 4.98 Å². The lowest BCUT2D eigenvalue weighted by Crippen LogP contribution is -2.09. The molecular formula is C9H7ClF3NOS. The maximum Gasteiger partial charge on any atom is 0.417 e. The van der Waals surface area contributed by atoms with Crippen LogP contribution in [-0.4, -0.2) is 16.5 Å². The first kappa shape index (κ1) is 13.3. The lowest BCUT2D eigenvalue weighted by atomic mass is 10.2. The summed E-state index contributed by atoms with van der Waals surface area (Å²) in [5.74, 6) is -0.253. The number of carbonyl (C=O) groups is 1. The van der Waals surface area contributed by atoms with E-state index in [2.05, 4.69) is 17.6 Å². The molecule has 0 bridgehead atoms. The van der Waals surface area contributed by atoms with Crippen LogP contribution in [0.4, 0.5) is 13.2 Å². The Labute approximate surface area is 100 Å². The highest BCUT2D eigenvalue weighted by Crippen LogP contribution is 2.31. The summed E-state index contributed by atoms with van der Waals surface area (Å²) in [6, 6.07) is 0.760. The van der Waals surface area contributed by atoms with Crippen molar-refractivity contribution in [1.29, 1.82) is 0 Å². The van der Waals surface area contributed by atoms with Crippen LogP contribution in [0, 0.1) is 0 Å². The van der Waals surface area contributed by atoms with Gasteiger partial charge in [-0.15, -0.1) is 0 Å². The van der Waals surface area contributed by atoms with Crippen LogP contribution in [0.2, 0.25) is 5.02 Å². The van der Waals surface area contributed by atoms with Crippen molar-refractivity contribution in [3.63, 3.8) is 0 Å². The highest BCUT2D eigenvalue weighted by Gasteiger charge is 2.31. The van der Waals surface area contributed by atoms with E-state index in [1.165, 1.54) is 0 Å². The largest absolute Gasteiger partial charge is 0.417 e. The summed E-state index contributed by atoms with van der Waals surface area (Å²) in [7, 11) is 0. The Bertz CT molecular complexity index is 408.